The number of halogens is 1. The van der Waals surface area contributed by atoms with Crippen LogP contribution in [0.1, 0.15) is 31.2 Å². The molecule has 0 fully saturated rings. The van der Waals surface area contributed by atoms with Crippen LogP contribution in [0.5, 0.6) is 0 Å². The number of rotatable bonds is 4. The molecule has 1 N–H and O–H groups in total. The molecule has 0 aliphatic carbocycles. The third-order valence-electron chi connectivity index (χ3n) is 3.54. The number of benzene rings is 2. The molecule has 0 saturated heterocycles. The summed E-state index contributed by atoms with van der Waals surface area (Å²) in [4.78, 5) is 9.18. The number of nitrogens with one attached hydrogen (secondary N) is 1. The molecule has 0 radical (unpaired) electrons. The third kappa shape index (κ3) is 2.91. The number of nitrogens with zero attached hydrogens (tertiary/aromatic N) is 2. The number of fused-ring (bicyclic) bond motifs is 1. The number of para-hydroxylation sites is 1. The average Bonchev–Trinajstić information content (AvgIpc) is 2.53. The summed E-state index contributed by atoms with van der Waals surface area (Å²) in [5.74, 6) is 1.56. The van der Waals surface area contributed by atoms with E-state index in [1.54, 1.807) is 12.1 Å². The summed E-state index contributed by atoms with van der Waals surface area (Å²) in [7, 11) is 0. The zero-order chi connectivity index (χ0) is 15.5. The molecule has 3 aromatic rings. The number of aromatic nitrogens is 2. The van der Waals surface area contributed by atoms with Gasteiger partial charge in [-0.2, -0.15) is 0 Å². The molecule has 2 aromatic carbocycles. The first-order valence-electron chi connectivity index (χ1n) is 7.39. The quantitative estimate of drug-likeness (QED) is 0.770. The first kappa shape index (κ1) is 14.4. The van der Waals surface area contributed by atoms with Crippen molar-refractivity contribution in [2.24, 2.45) is 0 Å². The minimum Gasteiger partial charge on any atom is -0.365 e. The Labute approximate surface area is 129 Å². The van der Waals surface area contributed by atoms with Crippen molar-refractivity contribution in [3.8, 4) is 0 Å². The van der Waals surface area contributed by atoms with Gasteiger partial charge in [-0.15, -0.1) is 0 Å². The SMILES string of the molecule is CC(C)c1nc(NCc2ccccc2F)c2ccccc2n1. The van der Waals surface area contributed by atoms with Gasteiger partial charge in [-0.3, -0.25) is 0 Å². The van der Waals surface area contributed by atoms with Gasteiger partial charge in [0.1, 0.15) is 17.5 Å². The van der Waals surface area contributed by atoms with Crippen LogP contribution in [-0.2, 0) is 6.54 Å². The highest BCUT2D eigenvalue weighted by molar-refractivity contribution is 5.89. The van der Waals surface area contributed by atoms with Gasteiger partial charge >= 0.3 is 0 Å². The molecule has 1 heterocycles. The van der Waals surface area contributed by atoms with E-state index in [9.17, 15) is 4.39 Å². The van der Waals surface area contributed by atoms with Gasteiger partial charge in [0.2, 0.25) is 0 Å². The summed E-state index contributed by atoms with van der Waals surface area (Å²) < 4.78 is 13.7. The summed E-state index contributed by atoms with van der Waals surface area (Å²) in [6.07, 6.45) is 0. The van der Waals surface area contributed by atoms with Crippen LogP contribution >= 0.6 is 0 Å². The van der Waals surface area contributed by atoms with Gasteiger partial charge in [-0.25, -0.2) is 14.4 Å². The Kier molecular flexibility index (Phi) is 4.00. The van der Waals surface area contributed by atoms with E-state index in [4.69, 9.17) is 0 Å². The van der Waals surface area contributed by atoms with Crippen LogP contribution in [0.25, 0.3) is 10.9 Å². The lowest BCUT2D eigenvalue weighted by Crippen LogP contribution is -2.07. The van der Waals surface area contributed by atoms with Gasteiger partial charge in [0.15, 0.2) is 0 Å². The molecule has 0 spiro atoms. The van der Waals surface area contributed by atoms with Gasteiger partial charge in [-0.05, 0) is 18.2 Å². The Bertz CT molecular complexity index is 799. The topological polar surface area (TPSA) is 37.8 Å². The van der Waals surface area contributed by atoms with Gasteiger partial charge < -0.3 is 5.32 Å². The number of hydrogen-bond acceptors (Lipinski definition) is 3. The summed E-state index contributed by atoms with van der Waals surface area (Å²) in [6, 6.07) is 14.6. The average molecular weight is 295 g/mol. The van der Waals surface area contributed by atoms with Crippen LogP contribution < -0.4 is 5.32 Å². The maximum atomic E-state index is 13.7. The molecule has 4 heteroatoms. The lowest BCUT2D eigenvalue weighted by Gasteiger charge is -2.12. The molecular weight excluding hydrogens is 277 g/mol. The molecule has 0 aliphatic rings. The van der Waals surface area contributed by atoms with E-state index in [-0.39, 0.29) is 11.7 Å². The Morgan fingerprint density at radius 1 is 1.00 bits per heavy atom. The Morgan fingerprint density at radius 3 is 2.50 bits per heavy atom. The standard InChI is InChI=1S/C18H18FN3/c1-12(2)17-21-16-10-6-4-8-14(16)18(22-17)20-11-13-7-3-5-9-15(13)19/h3-10,12H,11H2,1-2H3,(H,20,21,22). The van der Waals surface area contributed by atoms with Gasteiger partial charge in [0.05, 0.1) is 5.52 Å². The summed E-state index contributed by atoms with van der Waals surface area (Å²) in [5, 5.41) is 4.20. The third-order valence-corrected chi connectivity index (χ3v) is 3.54. The van der Waals surface area contributed by atoms with E-state index in [0.717, 1.165) is 22.5 Å². The second-order valence-electron chi connectivity index (χ2n) is 5.55. The fourth-order valence-corrected chi connectivity index (χ4v) is 2.31. The van der Waals surface area contributed by atoms with E-state index in [1.165, 1.54) is 6.07 Å². The van der Waals surface area contributed by atoms with Crippen molar-refractivity contribution in [3.63, 3.8) is 0 Å². The van der Waals surface area contributed by atoms with Crippen LogP contribution in [0.3, 0.4) is 0 Å². The van der Waals surface area contributed by atoms with Crippen molar-refractivity contribution >= 4 is 16.7 Å². The zero-order valence-electron chi connectivity index (χ0n) is 12.7. The lowest BCUT2D eigenvalue weighted by molar-refractivity contribution is 0.613. The highest BCUT2D eigenvalue weighted by Crippen LogP contribution is 2.23. The van der Waals surface area contributed by atoms with Crippen molar-refractivity contribution in [3.05, 3.63) is 65.7 Å². The molecule has 0 aliphatic heterocycles. The van der Waals surface area contributed by atoms with Crippen molar-refractivity contribution < 1.29 is 4.39 Å². The second kappa shape index (κ2) is 6.10. The van der Waals surface area contributed by atoms with Crippen LogP contribution in [0, 0.1) is 5.82 Å². The fourth-order valence-electron chi connectivity index (χ4n) is 2.31. The predicted octanol–water partition coefficient (Wildman–Crippen LogP) is 4.50. The first-order chi connectivity index (χ1) is 10.6. The van der Waals surface area contributed by atoms with E-state index < -0.39 is 0 Å². The van der Waals surface area contributed by atoms with E-state index >= 15 is 0 Å². The summed E-state index contributed by atoms with van der Waals surface area (Å²) in [5.41, 5.74) is 1.52. The van der Waals surface area contributed by atoms with Crippen LogP contribution in [-0.4, -0.2) is 9.97 Å². The molecule has 0 amide bonds. The molecule has 0 saturated carbocycles. The van der Waals surface area contributed by atoms with E-state index in [2.05, 4.69) is 29.1 Å². The fraction of sp³-hybridized carbons (Fsp3) is 0.222. The molecule has 112 valence electrons. The Morgan fingerprint density at radius 2 is 1.73 bits per heavy atom. The van der Waals surface area contributed by atoms with Gasteiger partial charge in [0.25, 0.3) is 0 Å². The Hall–Kier alpha value is -2.49. The van der Waals surface area contributed by atoms with Crippen molar-refractivity contribution in [2.45, 2.75) is 26.3 Å². The smallest absolute Gasteiger partial charge is 0.137 e. The molecule has 0 unspecified atom stereocenters. The maximum absolute atomic E-state index is 13.7. The maximum Gasteiger partial charge on any atom is 0.137 e. The van der Waals surface area contributed by atoms with Crippen molar-refractivity contribution in [2.75, 3.05) is 5.32 Å². The largest absolute Gasteiger partial charge is 0.365 e. The normalized spacial score (nSPS) is 11.1. The highest BCUT2D eigenvalue weighted by atomic mass is 19.1. The second-order valence-corrected chi connectivity index (χ2v) is 5.55. The van der Waals surface area contributed by atoms with Gasteiger partial charge in [-0.1, -0.05) is 44.2 Å². The molecule has 1 aromatic heterocycles. The summed E-state index contributed by atoms with van der Waals surface area (Å²) >= 11 is 0. The minimum atomic E-state index is -0.211. The molecule has 0 atom stereocenters. The van der Waals surface area contributed by atoms with E-state index in [1.807, 2.05) is 30.3 Å². The van der Waals surface area contributed by atoms with Crippen LogP contribution in [0.15, 0.2) is 48.5 Å². The monoisotopic (exact) mass is 295 g/mol. The minimum absolute atomic E-state index is 0.211. The van der Waals surface area contributed by atoms with Gasteiger partial charge in [0, 0.05) is 23.4 Å². The highest BCUT2D eigenvalue weighted by Gasteiger charge is 2.10. The molecule has 22 heavy (non-hydrogen) atoms. The van der Waals surface area contributed by atoms with Crippen LogP contribution in [0.2, 0.25) is 0 Å². The summed E-state index contributed by atoms with van der Waals surface area (Å²) in [6.45, 7) is 4.51. The Balaban J connectivity index is 1.97. The van der Waals surface area contributed by atoms with Crippen molar-refractivity contribution in [1.82, 2.24) is 9.97 Å². The van der Waals surface area contributed by atoms with Crippen molar-refractivity contribution in [1.29, 1.82) is 0 Å². The molecular formula is C18H18FN3. The molecule has 3 nitrogen and oxygen atoms in total. The number of hydrogen-bond donors (Lipinski definition) is 1. The van der Waals surface area contributed by atoms with E-state index in [0.29, 0.717) is 12.1 Å². The first-order valence-corrected chi connectivity index (χ1v) is 7.39. The number of anilines is 1. The molecule has 3 rings (SSSR count). The predicted molar refractivity (Wildman–Crippen MR) is 87.4 cm³/mol. The molecule has 0 bridgehead atoms. The lowest BCUT2D eigenvalue weighted by atomic mass is 10.1. The zero-order valence-corrected chi connectivity index (χ0v) is 12.7. The van der Waals surface area contributed by atoms with Crippen LogP contribution in [0.4, 0.5) is 10.2 Å².